The predicted octanol–water partition coefficient (Wildman–Crippen LogP) is 6.46. The van der Waals surface area contributed by atoms with Gasteiger partial charge in [0.1, 0.15) is 11.6 Å². The average Bonchev–Trinajstić information content (AvgIpc) is 2.65. The van der Waals surface area contributed by atoms with Gasteiger partial charge in [0, 0.05) is 16.5 Å². The minimum absolute atomic E-state index is 0. The first kappa shape index (κ1) is 19.3. The standard InChI is InChI=1S/C23H17F2N.Ir/c1-14-7-5-11-18(21(14)24)20-13-16-9-3-4-10-17(16)23(26-20)19-12-6-8-15(2)22(19)25;/h3-13H,1-2H3;/q;+3. The van der Waals surface area contributed by atoms with E-state index < -0.39 is 0 Å². The third kappa shape index (κ3) is 3.43. The van der Waals surface area contributed by atoms with Crippen LogP contribution in [0.25, 0.3) is 33.3 Å². The summed E-state index contributed by atoms with van der Waals surface area (Å²) < 4.78 is 29.4. The van der Waals surface area contributed by atoms with Gasteiger partial charge < -0.3 is 0 Å². The van der Waals surface area contributed by atoms with Crippen molar-refractivity contribution in [1.82, 2.24) is 4.98 Å². The van der Waals surface area contributed by atoms with Crippen molar-refractivity contribution in [3.63, 3.8) is 0 Å². The monoisotopic (exact) mass is 538 g/mol. The second kappa shape index (κ2) is 7.67. The van der Waals surface area contributed by atoms with Crippen LogP contribution >= 0.6 is 0 Å². The van der Waals surface area contributed by atoms with Crippen molar-refractivity contribution in [3.05, 3.63) is 89.5 Å². The van der Waals surface area contributed by atoms with Crippen LogP contribution in [0.15, 0.2) is 66.7 Å². The van der Waals surface area contributed by atoms with Gasteiger partial charge in [-0.2, -0.15) is 0 Å². The summed E-state index contributed by atoms with van der Waals surface area (Å²) in [6.07, 6.45) is 0. The Labute approximate surface area is 170 Å². The number of aromatic nitrogens is 1. The van der Waals surface area contributed by atoms with Crippen LogP contribution < -0.4 is 0 Å². The second-order valence-corrected chi connectivity index (χ2v) is 6.45. The van der Waals surface area contributed by atoms with Gasteiger partial charge in [-0.3, -0.25) is 0 Å². The maximum atomic E-state index is 14.8. The molecule has 1 nitrogen and oxygen atoms in total. The third-order valence-electron chi connectivity index (χ3n) is 4.66. The summed E-state index contributed by atoms with van der Waals surface area (Å²) in [6, 6.07) is 20.0. The van der Waals surface area contributed by atoms with E-state index in [1.807, 2.05) is 36.4 Å². The molecule has 0 saturated heterocycles. The molecule has 3 aromatic carbocycles. The van der Waals surface area contributed by atoms with E-state index in [0.29, 0.717) is 33.6 Å². The summed E-state index contributed by atoms with van der Waals surface area (Å²) in [5, 5.41) is 1.74. The van der Waals surface area contributed by atoms with Gasteiger partial charge in [-0.05, 0) is 48.6 Å². The number of fused-ring (bicyclic) bond motifs is 1. The minimum atomic E-state index is -0.300. The van der Waals surface area contributed by atoms with Crippen molar-refractivity contribution >= 4 is 10.8 Å². The van der Waals surface area contributed by atoms with Crippen LogP contribution in [0.4, 0.5) is 8.78 Å². The van der Waals surface area contributed by atoms with E-state index >= 15 is 0 Å². The van der Waals surface area contributed by atoms with Crippen molar-refractivity contribution in [3.8, 4) is 22.5 Å². The Hall–Kier alpha value is -2.42. The van der Waals surface area contributed by atoms with Gasteiger partial charge in [0.05, 0.1) is 11.4 Å². The molecule has 4 heteroatoms. The molecule has 0 atom stereocenters. The van der Waals surface area contributed by atoms with Gasteiger partial charge in [0.2, 0.25) is 0 Å². The maximum Gasteiger partial charge on any atom is 3.00 e. The SMILES string of the molecule is Cc1cccc(-c2cc3ccccc3c(-c3cccc(C)c3F)n2)c1F.[Ir+3]. The normalized spacial score (nSPS) is 10.7. The number of hydrogen-bond acceptors (Lipinski definition) is 1. The minimum Gasteiger partial charge on any atom is -0.247 e. The van der Waals surface area contributed by atoms with Gasteiger partial charge in [-0.15, -0.1) is 0 Å². The van der Waals surface area contributed by atoms with Crippen molar-refractivity contribution in [2.45, 2.75) is 13.8 Å². The first-order chi connectivity index (χ1) is 12.6. The van der Waals surface area contributed by atoms with Crippen LogP contribution in [0, 0.1) is 25.5 Å². The molecule has 134 valence electrons. The molecule has 27 heavy (non-hydrogen) atoms. The van der Waals surface area contributed by atoms with Gasteiger partial charge >= 0.3 is 20.1 Å². The van der Waals surface area contributed by atoms with Gasteiger partial charge in [-0.1, -0.05) is 48.5 Å². The molecule has 0 fully saturated rings. The topological polar surface area (TPSA) is 12.9 Å². The molecular formula is C23H17F2IrN+3. The molecule has 0 N–H and O–H groups in total. The number of hydrogen-bond donors (Lipinski definition) is 0. The molecule has 0 amide bonds. The number of rotatable bonds is 2. The molecule has 0 bridgehead atoms. The molecule has 0 aliphatic heterocycles. The fourth-order valence-corrected chi connectivity index (χ4v) is 3.22. The molecule has 4 rings (SSSR count). The molecule has 0 unspecified atom stereocenters. The number of benzene rings is 3. The number of pyridine rings is 1. The van der Waals surface area contributed by atoms with E-state index in [9.17, 15) is 8.78 Å². The van der Waals surface area contributed by atoms with Crippen LogP contribution in [-0.2, 0) is 20.1 Å². The van der Waals surface area contributed by atoms with Gasteiger partial charge in [0.15, 0.2) is 0 Å². The summed E-state index contributed by atoms with van der Waals surface area (Å²) in [5.74, 6) is -0.599. The molecule has 0 spiro atoms. The molecule has 0 radical (unpaired) electrons. The molecule has 1 heterocycles. The van der Waals surface area contributed by atoms with Gasteiger partial charge in [0.25, 0.3) is 0 Å². The first-order valence-corrected chi connectivity index (χ1v) is 8.47. The molecular weight excluding hydrogens is 520 g/mol. The number of halogens is 2. The van der Waals surface area contributed by atoms with Crippen LogP contribution in [0.2, 0.25) is 0 Å². The molecule has 1 aromatic heterocycles. The number of aryl methyl sites for hydroxylation is 2. The fourth-order valence-electron chi connectivity index (χ4n) is 3.22. The van der Waals surface area contributed by atoms with Crippen LogP contribution in [0.3, 0.4) is 0 Å². The second-order valence-electron chi connectivity index (χ2n) is 6.45. The Kier molecular flexibility index (Phi) is 5.50. The fraction of sp³-hybridized carbons (Fsp3) is 0.0870. The summed E-state index contributed by atoms with van der Waals surface area (Å²) in [7, 11) is 0. The largest absolute Gasteiger partial charge is 3.00 e. The van der Waals surface area contributed by atoms with Crippen molar-refractivity contribution < 1.29 is 28.9 Å². The van der Waals surface area contributed by atoms with Crippen LogP contribution in [0.5, 0.6) is 0 Å². The smallest absolute Gasteiger partial charge is 0.247 e. The van der Waals surface area contributed by atoms with E-state index in [0.717, 1.165) is 10.8 Å². The van der Waals surface area contributed by atoms with Crippen LogP contribution in [0.1, 0.15) is 11.1 Å². The first-order valence-electron chi connectivity index (χ1n) is 8.47. The van der Waals surface area contributed by atoms with Gasteiger partial charge in [-0.25, -0.2) is 13.8 Å². The Morgan fingerprint density at radius 3 is 2.00 bits per heavy atom. The Morgan fingerprint density at radius 1 is 0.704 bits per heavy atom. The van der Waals surface area contributed by atoms with E-state index in [4.69, 9.17) is 0 Å². The Bertz CT molecular complexity index is 1140. The third-order valence-corrected chi connectivity index (χ3v) is 4.66. The van der Waals surface area contributed by atoms with E-state index in [2.05, 4.69) is 4.98 Å². The Balaban J connectivity index is 0.00000210. The van der Waals surface area contributed by atoms with Crippen LogP contribution in [-0.4, -0.2) is 4.98 Å². The quantitative estimate of drug-likeness (QED) is 0.286. The van der Waals surface area contributed by atoms with E-state index in [-0.39, 0.29) is 31.7 Å². The summed E-state index contributed by atoms with van der Waals surface area (Å²) in [6.45, 7) is 3.45. The van der Waals surface area contributed by atoms with Crippen molar-refractivity contribution in [1.29, 1.82) is 0 Å². The summed E-state index contributed by atoms with van der Waals surface area (Å²) in [5.41, 5.74) is 2.99. The van der Waals surface area contributed by atoms with Crippen molar-refractivity contribution in [2.75, 3.05) is 0 Å². The summed E-state index contributed by atoms with van der Waals surface area (Å²) >= 11 is 0. The average molecular weight is 538 g/mol. The zero-order valence-electron chi connectivity index (χ0n) is 14.9. The molecule has 4 aromatic rings. The van der Waals surface area contributed by atoms with E-state index in [1.54, 1.807) is 44.2 Å². The zero-order chi connectivity index (χ0) is 18.3. The zero-order valence-corrected chi connectivity index (χ0v) is 17.3. The Morgan fingerprint density at radius 2 is 1.30 bits per heavy atom. The van der Waals surface area contributed by atoms with Crippen molar-refractivity contribution in [2.24, 2.45) is 0 Å². The maximum absolute atomic E-state index is 14.8. The molecule has 0 aliphatic rings. The number of nitrogens with zero attached hydrogens (tertiary/aromatic N) is 1. The predicted molar refractivity (Wildman–Crippen MR) is 102 cm³/mol. The van der Waals surface area contributed by atoms with E-state index in [1.165, 1.54) is 0 Å². The molecule has 0 saturated carbocycles. The summed E-state index contributed by atoms with van der Waals surface area (Å²) in [4.78, 5) is 4.67. The molecule has 0 aliphatic carbocycles.